The van der Waals surface area contributed by atoms with Gasteiger partial charge in [-0.2, -0.15) is 0 Å². The lowest BCUT2D eigenvalue weighted by molar-refractivity contribution is 0.0890. The fraction of sp³-hybridized carbons (Fsp3) is 0.364. The minimum atomic E-state index is -0.135. The Morgan fingerprint density at radius 3 is 2.78 bits per heavy atom. The van der Waals surface area contributed by atoms with Crippen molar-refractivity contribution in [2.24, 2.45) is 11.8 Å². The summed E-state index contributed by atoms with van der Waals surface area (Å²) in [6.07, 6.45) is 3.42. The maximum Gasteiger partial charge on any atom is 0.256 e. The van der Waals surface area contributed by atoms with Gasteiger partial charge in [0.25, 0.3) is 11.8 Å². The number of fused-ring (bicyclic) bond motifs is 2. The van der Waals surface area contributed by atoms with E-state index in [2.05, 4.69) is 24.5 Å². The third-order valence-electron chi connectivity index (χ3n) is 5.86. The Balaban J connectivity index is 1.56. The van der Waals surface area contributed by atoms with Gasteiger partial charge in [-0.15, -0.1) is 0 Å². The zero-order valence-corrected chi connectivity index (χ0v) is 16.4. The molecule has 27 heavy (non-hydrogen) atoms. The molecule has 2 aromatic carbocycles. The van der Waals surface area contributed by atoms with Crippen LogP contribution in [0.4, 0.5) is 5.69 Å². The zero-order valence-electron chi connectivity index (χ0n) is 15.6. The molecule has 1 saturated carbocycles. The molecule has 3 unspecified atom stereocenters. The van der Waals surface area contributed by atoms with E-state index in [-0.39, 0.29) is 17.9 Å². The average Bonchev–Trinajstić information content (AvgIpc) is 2.80. The molecule has 0 spiro atoms. The molecule has 1 heterocycles. The average molecular weight is 381 g/mol. The first-order chi connectivity index (χ1) is 13.0. The second kappa shape index (κ2) is 7.39. The highest BCUT2D eigenvalue weighted by Gasteiger charge is 2.28. The van der Waals surface area contributed by atoms with Gasteiger partial charge >= 0.3 is 0 Å². The molecule has 2 aromatic rings. The summed E-state index contributed by atoms with van der Waals surface area (Å²) in [5, 5.41) is 6.16. The van der Waals surface area contributed by atoms with Crippen LogP contribution in [0, 0.1) is 11.8 Å². The third-order valence-corrected chi connectivity index (χ3v) is 7.02. The van der Waals surface area contributed by atoms with Crippen LogP contribution in [0.15, 0.2) is 52.3 Å². The van der Waals surface area contributed by atoms with Gasteiger partial charge in [0.15, 0.2) is 0 Å². The molecule has 5 heteroatoms. The van der Waals surface area contributed by atoms with Gasteiger partial charge in [0.2, 0.25) is 0 Å². The fourth-order valence-electron chi connectivity index (χ4n) is 3.95. The SMILES string of the molecule is CC1CCCC(NC(=O)c2ccc3c(c2)NC(=O)c2ccccc2S3)C1C. The Bertz CT molecular complexity index is 896. The highest BCUT2D eigenvalue weighted by Crippen LogP contribution is 2.39. The Morgan fingerprint density at radius 2 is 1.93 bits per heavy atom. The van der Waals surface area contributed by atoms with Crippen LogP contribution in [0.1, 0.15) is 53.8 Å². The van der Waals surface area contributed by atoms with E-state index in [0.717, 1.165) is 22.6 Å². The smallest absolute Gasteiger partial charge is 0.256 e. The molecule has 140 valence electrons. The van der Waals surface area contributed by atoms with Crippen molar-refractivity contribution in [1.29, 1.82) is 0 Å². The fourth-order valence-corrected chi connectivity index (χ4v) is 4.96. The van der Waals surface area contributed by atoms with E-state index in [0.29, 0.717) is 28.7 Å². The lowest BCUT2D eigenvalue weighted by Crippen LogP contribution is -2.43. The Morgan fingerprint density at radius 1 is 1.11 bits per heavy atom. The molecule has 2 amide bonds. The Hall–Kier alpha value is -2.27. The number of anilines is 1. The topological polar surface area (TPSA) is 58.2 Å². The summed E-state index contributed by atoms with van der Waals surface area (Å²) in [5.41, 5.74) is 1.94. The molecule has 1 aliphatic heterocycles. The van der Waals surface area contributed by atoms with Gasteiger partial charge in [0.1, 0.15) is 0 Å². The molecule has 0 saturated heterocycles. The quantitative estimate of drug-likeness (QED) is 0.774. The summed E-state index contributed by atoms with van der Waals surface area (Å²) < 4.78 is 0. The van der Waals surface area contributed by atoms with Crippen LogP contribution in [-0.2, 0) is 0 Å². The van der Waals surface area contributed by atoms with Gasteiger partial charge in [-0.25, -0.2) is 0 Å². The number of benzene rings is 2. The van der Waals surface area contributed by atoms with E-state index in [1.807, 2.05) is 36.4 Å². The minimum Gasteiger partial charge on any atom is -0.349 e. The van der Waals surface area contributed by atoms with E-state index >= 15 is 0 Å². The standard InChI is InChI=1S/C22H24N2O2S/c1-13-6-5-8-17(14(13)2)23-21(25)15-10-11-20-18(12-15)24-22(26)16-7-3-4-9-19(16)27-20/h3-4,7,9-14,17H,5-6,8H2,1-2H3,(H,23,25)(H,24,26). The molecule has 0 bridgehead atoms. The number of nitrogens with one attached hydrogen (secondary N) is 2. The number of amides is 2. The summed E-state index contributed by atoms with van der Waals surface area (Å²) in [6, 6.07) is 13.3. The predicted molar refractivity (Wildman–Crippen MR) is 108 cm³/mol. The normalized spacial score (nSPS) is 24.2. The van der Waals surface area contributed by atoms with Gasteiger partial charge < -0.3 is 10.6 Å². The lowest BCUT2D eigenvalue weighted by Gasteiger charge is -2.34. The van der Waals surface area contributed by atoms with E-state index in [9.17, 15) is 9.59 Å². The van der Waals surface area contributed by atoms with E-state index < -0.39 is 0 Å². The first-order valence-electron chi connectivity index (χ1n) is 9.56. The highest BCUT2D eigenvalue weighted by molar-refractivity contribution is 7.99. The van der Waals surface area contributed by atoms with Gasteiger partial charge in [-0.3, -0.25) is 9.59 Å². The highest BCUT2D eigenvalue weighted by atomic mass is 32.2. The number of rotatable bonds is 2. The van der Waals surface area contributed by atoms with Gasteiger partial charge in [-0.1, -0.05) is 50.6 Å². The molecule has 2 aliphatic rings. The summed E-state index contributed by atoms with van der Waals surface area (Å²) in [6.45, 7) is 4.48. The maximum absolute atomic E-state index is 12.8. The maximum atomic E-state index is 12.8. The largest absolute Gasteiger partial charge is 0.349 e. The van der Waals surface area contributed by atoms with Crippen molar-refractivity contribution in [3.63, 3.8) is 0 Å². The van der Waals surface area contributed by atoms with Gasteiger partial charge in [0.05, 0.1) is 11.3 Å². The second-order valence-corrected chi connectivity index (χ2v) is 8.69. The van der Waals surface area contributed by atoms with Gasteiger partial charge in [0, 0.05) is 21.4 Å². The van der Waals surface area contributed by atoms with E-state index in [1.165, 1.54) is 6.42 Å². The molecule has 1 fully saturated rings. The summed E-state index contributed by atoms with van der Waals surface area (Å²) >= 11 is 1.55. The van der Waals surface area contributed by atoms with Crippen LogP contribution in [0.2, 0.25) is 0 Å². The van der Waals surface area contributed by atoms with Crippen molar-refractivity contribution in [1.82, 2.24) is 5.32 Å². The third kappa shape index (κ3) is 3.61. The zero-order chi connectivity index (χ0) is 19.0. The monoisotopic (exact) mass is 380 g/mol. The van der Waals surface area contributed by atoms with Gasteiger partial charge in [-0.05, 0) is 48.6 Å². The summed E-state index contributed by atoms with van der Waals surface area (Å²) in [5.74, 6) is 0.910. The van der Waals surface area contributed by atoms with E-state index in [1.54, 1.807) is 17.8 Å². The van der Waals surface area contributed by atoms with Crippen molar-refractivity contribution in [2.45, 2.75) is 48.9 Å². The number of hydrogen-bond acceptors (Lipinski definition) is 3. The molecule has 4 nitrogen and oxygen atoms in total. The summed E-state index contributed by atoms with van der Waals surface area (Å²) in [4.78, 5) is 27.2. The molecule has 0 aromatic heterocycles. The van der Waals surface area contributed by atoms with Crippen LogP contribution < -0.4 is 10.6 Å². The summed E-state index contributed by atoms with van der Waals surface area (Å²) in [7, 11) is 0. The Labute approximate surface area is 164 Å². The second-order valence-electron chi connectivity index (χ2n) is 7.61. The molecule has 4 rings (SSSR count). The van der Waals surface area contributed by atoms with Crippen molar-refractivity contribution in [3.05, 3.63) is 53.6 Å². The van der Waals surface area contributed by atoms with Crippen LogP contribution in [0.25, 0.3) is 0 Å². The van der Waals surface area contributed by atoms with Crippen LogP contribution >= 0.6 is 11.8 Å². The van der Waals surface area contributed by atoms with Crippen molar-refractivity contribution >= 4 is 29.3 Å². The van der Waals surface area contributed by atoms with Crippen molar-refractivity contribution in [2.75, 3.05) is 5.32 Å². The molecule has 0 radical (unpaired) electrons. The Kier molecular flexibility index (Phi) is 4.96. The lowest BCUT2D eigenvalue weighted by atomic mass is 9.78. The van der Waals surface area contributed by atoms with E-state index in [4.69, 9.17) is 0 Å². The molecular weight excluding hydrogens is 356 g/mol. The molecule has 2 N–H and O–H groups in total. The van der Waals surface area contributed by atoms with Crippen LogP contribution in [0.3, 0.4) is 0 Å². The number of carbonyl (C=O) groups excluding carboxylic acids is 2. The molecular formula is C22H24N2O2S. The number of hydrogen-bond donors (Lipinski definition) is 2. The molecule has 3 atom stereocenters. The first-order valence-corrected chi connectivity index (χ1v) is 10.4. The van der Waals surface area contributed by atoms with Crippen molar-refractivity contribution in [3.8, 4) is 0 Å². The minimum absolute atomic E-state index is 0.0650. The predicted octanol–water partition coefficient (Wildman–Crippen LogP) is 4.96. The van der Waals surface area contributed by atoms with Crippen LogP contribution in [-0.4, -0.2) is 17.9 Å². The van der Waals surface area contributed by atoms with Crippen LogP contribution in [0.5, 0.6) is 0 Å². The van der Waals surface area contributed by atoms with Crippen molar-refractivity contribution < 1.29 is 9.59 Å². The number of carbonyl (C=O) groups is 2. The first kappa shape index (κ1) is 18.1. The molecule has 1 aliphatic carbocycles.